The molecule has 0 fully saturated rings. The van der Waals surface area contributed by atoms with Crippen LogP contribution in [0.2, 0.25) is 0 Å². The van der Waals surface area contributed by atoms with E-state index in [0.717, 1.165) is 6.26 Å². The highest BCUT2D eigenvalue weighted by Crippen LogP contribution is 2.15. The summed E-state index contributed by atoms with van der Waals surface area (Å²) in [6, 6.07) is 14.7. The average Bonchev–Trinajstić information content (AvgIpc) is 2.56. The molecule has 0 unspecified atom stereocenters. The van der Waals surface area contributed by atoms with Gasteiger partial charge in [0.15, 0.2) is 0 Å². The number of hydrogen-bond acceptors (Lipinski definition) is 4. The summed E-state index contributed by atoms with van der Waals surface area (Å²) in [6.07, 6.45) is 1.18. The summed E-state index contributed by atoms with van der Waals surface area (Å²) in [5, 5.41) is 5.48. The van der Waals surface area contributed by atoms with Crippen molar-refractivity contribution in [3.05, 3.63) is 60.2 Å². The number of sulfonamides is 1. The van der Waals surface area contributed by atoms with Crippen LogP contribution in [0, 0.1) is 0 Å². The normalized spacial score (nSPS) is 12.1. The zero-order valence-electron chi connectivity index (χ0n) is 14.5. The van der Waals surface area contributed by atoms with Crippen LogP contribution < -0.4 is 15.4 Å². The molecule has 0 saturated heterocycles. The Labute approximate surface area is 152 Å². The van der Waals surface area contributed by atoms with Crippen LogP contribution >= 0.6 is 0 Å². The van der Waals surface area contributed by atoms with Crippen molar-refractivity contribution in [2.24, 2.45) is 0 Å². The third kappa shape index (κ3) is 6.56. The largest absolute Gasteiger partial charge is 0.349 e. The molecule has 0 aliphatic heterocycles. The molecule has 0 heterocycles. The molecule has 0 saturated carbocycles. The molecule has 8 heteroatoms. The first kappa shape index (κ1) is 19.5. The Morgan fingerprint density at radius 1 is 0.962 bits per heavy atom. The van der Waals surface area contributed by atoms with Gasteiger partial charge in [0.05, 0.1) is 6.26 Å². The second-order valence-corrected chi connectivity index (χ2v) is 7.69. The van der Waals surface area contributed by atoms with Gasteiger partial charge >= 0.3 is 0 Å². The highest BCUT2D eigenvalue weighted by Gasteiger charge is 2.13. The van der Waals surface area contributed by atoms with Gasteiger partial charge in [-0.1, -0.05) is 18.2 Å². The molecule has 1 atom stereocenters. The fourth-order valence-corrected chi connectivity index (χ4v) is 2.84. The number of anilines is 2. The lowest BCUT2D eigenvalue weighted by atomic mass is 10.1. The van der Waals surface area contributed by atoms with Crippen LogP contribution in [0.5, 0.6) is 0 Å². The molecule has 2 aromatic rings. The van der Waals surface area contributed by atoms with E-state index in [1.54, 1.807) is 55.5 Å². The van der Waals surface area contributed by atoms with E-state index in [1.807, 2.05) is 6.07 Å². The van der Waals surface area contributed by atoms with Gasteiger partial charge in [-0.25, -0.2) is 8.42 Å². The SMILES string of the molecule is C[C@H](CC(=O)Nc1ccc(NS(C)(=O)=O)cc1)NC(=O)c1ccccc1. The Morgan fingerprint density at radius 3 is 2.12 bits per heavy atom. The Hall–Kier alpha value is -2.87. The van der Waals surface area contributed by atoms with Crippen LogP contribution in [0.15, 0.2) is 54.6 Å². The Balaban J connectivity index is 1.85. The third-order valence-electron chi connectivity index (χ3n) is 3.38. The molecule has 0 radical (unpaired) electrons. The molecule has 0 aliphatic rings. The standard InChI is InChI=1S/C18H21N3O4S/c1-13(19-18(23)14-6-4-3-5-7-14)12-17(22)20-15-8-10-16(11-9-15)21-26(2,24)25/h3-11,13,21H,12H2,1-2H3,(H,19,23)(H,20,22)/t13-/m1/s1. The number of hydrogen-bond donors (Lipinski definition) is 3. The zero-order chi connectivity index (χ0) is 19.2. The maximum Gasteiger partial charge on any atom is 0.251 e. The fraction of sp³-hybridized carbons (Fsp3) is 0.222. The summed E-state index contributed by atoms with van der Waals surface area (Å²) < 4.78 is 24.7. The van der Waals surface area contributed by atoms with E-state index < -0.39 is 10.0 Å². The third-order valence-corrected chi connectivity index (χ3v) is 3.98. The molecule has 0 aromatic heterocycles. The van der Waals surface area contributed by atoms with Gasteiger partial charge in [0, 0.05) is 29.4 Å². The van der Waals surface area contributed by atoms with Crippen molar-refractivity contribution in [1.29, 1.82) is 0 Å². The minimum Gasteiger partial charge on any atom is -0.349 e. The van der Waals surface area contributed by atoms with Crippen molar-refractivity contribution in [3.8, 4) is 0 Å². The van der Waals surface area contributed by atoms with Crippen LogP contribution in [0.25, 0.3) is 0 Å². The van der Waals surface area contributed by atoms with E-state index >= 15 is 0 Å². The molecule has 7 nitrogen and oxygen atoms in total. The van der Waals surface area contributed by atoms with Gasteiger partial charge in [-0.05, 0) is 43.3 Å². The molecule has 3 N–H and O–H groups in total. The Morgan fingerprint density at radius 2 is 1.54 bits per heavy atom. The number of benzene rings is 2. The quantitative estimate of drug-likeness (QED) is 0.690. The minimum absolute atomic E-state index is 0.113. The van der Waals surface area contributed by atoms with Crippen molar-refractivity contribution in [2.45, 2.75) is 19.4 Å². The molecule has 138 valence electrons. The highest BCUT2D eigenvalue weighted by molar-refractivity contribution is 7.92. The van der Waals surface area contributed by atoms with Gasteiger partial charge in [-0.2, -0.15) is 0 Å². The Kier molecular flexibility index (Phi) is 6.35. The smallest absolute Gasteiger partial charge is 0.251 e. The minimum atomic E-state index is -3.34. The van der Waals surface area contributed by atoms with E-state index in [2.05, 4.69) is 15.4 Å². The van der Waals surface area contributed by atoms with Gasteiger partial charge in [-0.15, -0.1) is 0 Å². The van der Waals surface area contributed by atoms with E-state index in [4.69, 9.17) is 0 Å². The fourth-order valence-electron chi connectivity index (χ4n) is 2.27. The number of amides is 2. The molecular formula is C18H21N3O4S. The zero-order valence-corrected chi connectivity index (χ0v) is 15.3. The summed E-state index contributed by atoms with van der Waals surface area (Å²) in [5.74, 6) is -0.489. The monoisotopic (exact) mass is 375 g/mol. The van der Waals surface area contributed by atoms with Crippen LogP contribution in [0.1, 0.15) is 23.7 Å². The second kappa shape index (κ2) is 8.48. The summed E-state index contributed by atoms with van der Waals surface area (Å²) in [5.41, 5.74) is 1.48. The molecular weight excluding hydrogens is 354 g/mol. The van der Waals surface area contributed by atoms with Crippen LogP contribution in [0.3, 0.4) is 0 Å². The van der Waals surface area contributed by atoms with Crippen molar-refractivity contribution in [2.75, 3.05) is 16.3 Å². The number of carbonyl (C=O) groups excluding carboxylic acids is 2. The first-order valence-electron chi connectivity index (χ1n) is 7.96. The molecule has 26 heavy (non-hydrogen) atoms. The van der Waals surface area contributed by atoms with Crippen molar-refractivity contribution in [3.63, 3.8) is 0 Å². The summed E-state index contributed by atoms with van der Waals surface area (Å²) in [7, 11) is -3.34. The summed E-state index contributed by atoms with van der Waals surface area (Å²) in [6.45, 7) is 1.75. The highest BCUT2D eigenvalue weighted by atomic mass is 32.2. The van der Waals surface area contributed by atoms with Crippen molar-refractivity contribution >= 4 is 33.2 Å². The van der Waals surface area contributed by atoms with E-state index in [-0.39, 0.29) is 24.3 Å². The molecule has 0 bridgehead atoms. The Bertz CT molecular complexity index is 865. The van der Waals surface area contributed by atoms with Crippen molar-refractivity contribution in [1.82, 2.24) is 5.32 Å². The average molecular weight is 375 g/mol. The number of nitrogens with one attached hydrogen (secondary N) is 3. The predicted molar refractivity (Wildman–Crippen MR) is 102 cm³/mol. The lowest BCUT2D eigenvalue weighted by Gasteiger charge is -2.14. The lowest BCUT2D eigenvalue weighted by Crippen LogP contribution is -2.35. The molecule has 0 spiro atoms. The van der Waals surface area contributed by atoms with Gasteiger partial charge in [0.25, 0.3) is 5.91 Å². The van der Waals surface area contributed by atoms with Crippen LogP contribution in [-0.4, -0.2) is 32.5 Å². The molecule has 0 aliphatic carbocycles. The molecule has 2 amide bonds. The van der Waals surface area contributed by atoms with Gasteiger partial charge in [0.2, 0.25) is 15.9 Å². The second-order valence-electron chi connectivity index (χ2n) is 5.94. The van der Waals surface area contributed by atoms with E-state index in [1.165, 1.54) is 0 Å². The topological polar surface area (TPSA) is 104 Å². The first-order valence-corrected chi connectivity index (χ1v) is 9.86. The predicted octanol–water partition coefficient (Wildman–Crippen LogP) is 2.21. The molecule has 2 rings (SSSR count). The van der Waals surface area contributed by atoms with Crippen molar-refractivity contribution < 1.29 is 18.0 Å². The summed E-state index contributed by atoms with van der Waals surface area (Å²) in [4.78, 5) is 24.1. The first-order chi connectivity index (χ1) is 12.2. The van der Waals surface area contributed by atoms with Gasteiger partial charge in [0.1, 0.15) is 0 Å². The van der Waals surface area contributed by atoms with E-state index in [9.17, 15) is 18.0 Å². The maximum atomic E-state index is 12.1. The number of rotatable bonds is 7. The van der Waals surface area contributed by atoms with Crippen LogP contribution in [0.4, 0.5) is 11.4 Å². The maximum absolute atomic E-state index is 12.1. The lowest BCUT2D eigenvalue weighted by molar-refractivity contribution is -0.116. The van der Waals surface area contributed by atoms with Crippen LogP contribution in [-0.2, 0) is 14.8 Å². The van der Waals surface area contributed by atoms with Gasteiger partial charge in [-0.3, -0.25) is 14.3 Å². The number of carbonyl (C=O) groups is 2. The van der Waals surface area contributed by atoms with Gasteiger partial charge < -0.3 is 10.6 Å². The molecule has 2 aromatic carbocycles. The van der Waals surface area contributed by atoms with E-state index in [0.29, 0.717) is 16.9 Å². The summed E-state index contributed by atoms with van der Waals surface area (Å²) >= 11 is 0.